The van der Waals surface area contributed by atoms with E-state index in [-0.39, 0.29) is 10.6 Å². The molecule has 0 amide bonds. The first-order valence-corrected chi connectivity index (χ1v) is 6.75. The van der Waals surface area contributed by atoms with Gasteiger partial charge in [0.25, 0.3) is 10.1 Å². The SMILES string of the molecule is O=S(=O)(O)c1cc2c(O)c(c1)CCCCC2. The summed E-state index contributed by atoms with van der Waals surface area (Å²) in [6.07, 6.45) is 4.25. The molecule has 2 N–H and O–H groups in total. The van der Waals surface area contributed by atoms with Crippen molar-refractivity contribution < 1.29 is 18.1 Å². The van der Waals surface area contributed by atoms with Gasteiger partial charge in [0.05, 0.1) is 4.90 Å². The Balaban J connectivity index is 2.59. The molecule has 0 fully saturated rings. The highest BCUT2D eigenvalue weighted by Crippen LogP contribution is 2.31. The molecule has 1 aliphatic carbocycles. The third-order valence-corrected chi connectivity index (χ3v) is 3.76. The van der Waals surface area contributed by atoms with Crippen LogP contribution in [0.2, 0.25) is 0 Å². The van der Waals surface area contributed by atoms with E-state index in [0.29, 0.717) is 24.0 Å². The third kappa shape index (κ3) is 2.20. The summed E-state index contributed by atoms with van der Waals surface area (Å²) in [6, 6.07) is 2.72. The Morgan fingerprint density at radius 1 is 1.00 bits per heavy atom. The lowest BCUT2D eigenvalue weighted by molar-refractivity contribution is 0.450. The predicted molar refractivity (Wildman–Crippen MR) is 59.2 cm³/mol. The summed E-state index contributed by atoms with van der Waals surface area (Å²) in [6.45, 7) is 0. The van der Waals surface area contributed by atoms with Gasteiger partial charge >= 0.3 is 0 Å². The fourth-order valence-electron chi connectivity index (χ4n) is 2.07. The topological polar surface area (TPSA) is 74.6 Å². The van der Waals surface area contributed by atoms with Gasteiger partial charge in [0.15, 0.2) is 0 Å². The molecular formula is C11H14O4S. The van der Waals surface area contributed by atoms with Gasteiger partial charge in [-0.25, -0.2) is 0 Å². The van der Waals surface area contributed by atoms with Gasteiger partial charge in [-0.2, -0.15) is 8.42 Å². The molecule has 2 rings (SSSR count). The summed E-state index contributed by atoms with van der Waals surface area (Å²) in [5, 5.41) is 9.87. The zero-order chi connectivity index (χ0) is 11.8. The smallest absolute Gasteiger partial charge is 0.294 e. The molecule has 16 heavy (non-hydrogen) atoms. The number of aromatic hydroxyl groups is 1. The van der Waals surface area contributed by atoms with Gasteiger partial charge in [0.1, 0.15) is 5.75 Å². The quantitative estimate of drug-likeness (QED) is 0.738. The van der Waals surface area contributed by atoms with Crippen LogP contribution in [0.3, 0.4) is 0 Å². The van der Waals surface area contributed by atoms with Crippen LogP contribution in [0.15, 0.2) is 17.0 Å². The molecule has 0 unspecified atom stereocenters. The largest absolute Gasteiger partial charge is 0.507 e. The van der Waals surface area contributed by atoms with Crippen molar-refractivity contribution >= 4 is 10.1 Å². The molecule has 0 aliphatic heterocycles. The minimum atomic E-state index is -4.18. The molecule has 1 aliphatic rings. The normalized spacial score (nSPS) is 16.6. The Labute approximate surface area is 94.7 Å². The lowest BCUT2D eigenvalue weighted by Crippen LogP contribution is -2.04. The van der Waals surface area contributed by atoms with Gasteiger partial charge in [0, 0.05) is 0 Å². The van der Waals surface area contributed by atoms with E-state index in [1.54, 1.807) is 0 Å². The van der Waals surface area contributed by atoms with Crippen molar-refractivity contribution in [1.29, 1.82) is 0 Å². The van der Waals surface area contributed by atoms with E-state index >= 15 is 0 Å². The zero-order valence-electron chi connectivity index (χ0n) is 8.81. The number of hydrogen-bond acceptors (Lipinski definition) is 3. The molecule has 0 spiro atoms. The van der Waals surface area contributed by atoms with Gasteiger partial charge in [0.2, 0.25) is 0 Å². The van der Waals surface area contributed by atoms with E-state index in [4.69, 9.17) is 4.55 Å². The molecule has 88 valence electrons. The Morgan fingerprint density at radius 2 is 1.50 bits per heavy atom. The number of aryl methyl sites for hydroxylation is 2. The van der Waals surface area contributed by atoms with Gasteiger partial charge in [-0.3, -0.25) is 4.55 Å². The molecule has 0 aromatic heterocycles. The third-order valence-electron chi connectivity index (χ3n) is 2.93. The van der Waals surface area contributed by atoms with E-state index < -0.39 is 10.1 Å². The van der Waals surface area contributed by atoms with Crippen molar-refractivity contribution in [3.63, 3.8) is 0 Å². The van der Waals surface area contributed by atoms with Crippen molar-refractivity contribution in [2.75, 3.05) is 0 Å². The molecule has 5 heteroatoms. The Hall–Kier alpha value is -1.07. The van der Waals surface area contributed by atoms with E-state index in [0.717, 1.165) is 19.3 Å². The minimum Gasteiger partial charge on any atom is -0.507 e. The number of fused-ring (bicyclic) bond motifs is 2. The molecular weight excluding hydrogens is 228 g/mol. The predicted octanol–water partition coefficient (Wildman–Crippen LogP) is 1.91. The monoisotopic (exact) mass is 242 g/mol. The van der Waals surface area contributed by atoms with Crippen molar-refractivity contribution in [1.82, 2.24) is 0 Å². The van der Waals surface area contributed by atoms with Crippen LogP contribution in [0.5, 0.6) is 5.75 Å². The number of rotatable bonds is 1. The molecule has 0 radical (unpaired) electrons. The summed E-state index contributed by atoms with van der Waals surface area (Å²) in [7, 11) is -4.18. The van der Waals surface area contributed by atoms with Crippen molar-refractivity contribution in [3.8, 4) is 5.75 Å². The molecule has 1 aromatic rings. The number of hydrogen-bond donors (Lipinski definition) is 2. The maximum absolute atomic E-state index is 11.1. The van der Waals surface area contributed by atoms with Crippen LogP contribution in [-0.4, -0.2) is 18.1 Å². The fraction of sp³-hybridized carbons (Fsp3) is 0.455. The Kier molecular flexibility index (Phi) is 2.90. The standard InChI is InChI=1S/C11H14O4S/c12-11-8-4-2-1-3-5-9(11)7-10(6-8)16(13,14)15/h6-7,12H,1-5H2,(H,13,14,15). The highest BCUT2D eigenvalue weighted by Gasteiger charge is 2.18. The minimum absolute atomic E-state index is 0.114. The number of benzene rings is 1. The van der Waals surface area contributed by atoms with Gasteiger partial charge in [-0.05, 0) is 48.9 Å². The van der Waals surface area contributed by atoms with Crippen LogP contribution < -0.4 is 0 Å². The number of phenols is 1. The first kappa shape index (κ1) is 11.4. The Bertz CT molecular complexity index is 478. The van der Waals surface area contributed by atoms with Crippen LogP contribution in [0.25, 0.3) is 0 Å². The number of phenolic OH excluding ortho intramolecular Hbond substituents is 1. The molecule has 2 bridgehead atoms. The summed E-state index contributed by atoms with van der Waals surface area (Å²) in [4.78, 5) is -0.114. The lowest BCUT2D eigenvalue weighted by atomic mass is 9.95. The van der Waals surface area contributed by atoms with E-state index in [1.807, 2.05) is 0 Å². The van der Waals surface area contributed by atoms with Crippen LogP contribution in [0, 0.1) is 0 Å². The lowest BCUT2D eigenvalue weighted by Gasteiger charge is -2.15. The first-order valence-electron chi connectivity index (χ1n) is 5.31. The van der Waals surface area contributed by atoms with E-state index in [1.165, 1.54) is 12.1 Å². The van der Waals surface area contributed by atoms with Crippen LogP contribution in [0.1, 0.15) is 30.4 Å². The summed E-state index contributed by atoms with van der Waals surface area (Å²) in [5.74, 6) is 0.187. The fourth-order valence-corrected chi connectivity index (χ4v) is 2.65. The highest BCUT2D eigenvalue weighted by atomic mass is 32.2. The van der Waals surface area contributed by atoms with Crippen LogP contribution >= 0.6 is 0 Å². The van der Waals surface area contributed by atoms with Gasteiger partial charge < -0.3 is 5.11 Å². The maximum atomic E-state index is 11.1. The summed E-state index contributed by atoms with van der Waals surface area (Å²) in [5.41, 5.74) is 1.23. The van der Waals surface area contributed by atoms with Crippen LogP contribution in [-0.2, 0) is 23.0 Å². The molecule has 4 nitrogen and oxygen atoms in total. The second kappa shape index (κ2) is 4.07. The second-order valence-electron chi connectivity index (χ2n) is 4.13. The van der Waals surface area contributed by atoms with Crippen molar-refractivity contribution in [2.45, 2.75) is 37.0 Å². The maximum Gasteiger partial charge on any atom is 0.294 e. The summed E-state index contributed by atoms with van der Waals surface area (Å²) >= 11 is 0. The van der Waals surface area contributed by atoms with E-state index in [2.05, 4.69) is 0 Å². The second-order valence-corrected chi connectivity index (χ2v) is 5.55. The molecule has 0 saturated heterocycles. The first-order chi connectivity index (χ1) is 7.48. The van der Waals surface area contributed by atoms with Gasteiger partial charge in [-0.1, -0.05) is 6.42 Å². The van der Waals surface area contributed by atoms with Crippen molar-refractivity contribution in [2.24, 2.45) is 0 Å². The summed E-state index contributed by atoms with van der Waals surface area (Å²) < 4.78 is 31.1. The average Bonchev–Trinajstić information content (AvgIpc) is 2.20. The molecule has 0 saturated carbocycles. The Morgan fingerprint density at radius 3 is 1.94 bits per heavy atom. The molecule has 0 atom stereocenters. The van der Waals surface area contributed by atoms with Crippen molar-refractivity contribution in [3.05, 3.63) is 23.3 Å². The van der Waals surface area contributed by atoms with Crippen LogP contribution in [0.4, 0.5) is 0 Å². The zero-order valence-corrected chi connectivity index (χ0v) is 9.63. The highest BCUT2D eigenvalue weighted by molar-refractivity contribution is 7.85. The average molecular weight is 242 g/mol. The van der Waals surface area contributed by atoms with Gasteiger partial charge in [-0.15, -0.1) is 0 Å². The molecule has 1 aromatic carbocycles. The molecule has 0 heterocycles. The van der Waals surface area contributed by atoms with E-state index in [9.17, 15) is 13.5 Å².